The summed E-state index contributed by atoms with van der Waals surface area (Å²) in [5.41, 5.74) is 40.1. The van der Waals surface area contributed by atoms with Crippen LogP contribution in [0.3, 0.4) is 0 Å². The number of benzene rings is 2. The number of aliphatic hydroxyl groups excluding tert-OH is 2. The van der Waals surface area contributed by atoms with E-state index in [2.05, 4.69) is 86.9 Å². The maximum absolute atomic E-state index is 14.2. The van der Waals surface area contributed by atoms with E-state index >= 15 is 0 Å². The highest BCUT2D eigenvalue weighted by atomic mass is 16.3. The summed E-state index contributed by atoms with van der Waals surface area (Å²) in [6.45, 7) is 9.49. The molecule has 13 amide bonds. The Kier molecular flexibility index (Phi) is 42.9. The maximum atomic E-state index is 14.2. The summed E-state index contributed by atoms with van der Waals surface area (Å²) in [4.78, 5) is 185. The fourth-order valence-corrected chi connectivity index (χ4v) is 10.1. The van der Waals surface area contributed by atoms with Crippen LogP contribution in [0.15, 0.2) is 96.0 Å². The van der Waals surface area contributed by atoms with Crippen molar-refractivity contribution in [2.45, 2.75) is 164 Å². The lowest BCUT2D eigenvalue weighted by Gasteiger charge is -2.29. The summed E-state index contributed by atoms with van der Waals surface area (Å²) < 4.78 is 0. The van der Waals surface area contributed by atoms with Crippen LogP contribution in [0.25, 0.3) is 0 Å². The van der Waals surface area contributed by atoms with Crippen molar-refractivity contribution in [1.29, 1.82) is 0 Å². The van der Waals surface area contributed by atoms with Crippen molar-refractivity contribution in [3.05, 3.63) is 97.1 Å². The van der Waals surface area contributed by atoms with Crippen molar-refractivity contribution in [1.82, 2.24) is 68.7 Å². The van der Waals surface area contributed by atoms with Gasteiger partial charge in [-0.05, 0) is 116 Å². The first-order valence-electron chi connectivity index (χ1n) is 34.1. The van der Waals surface area contributed by atoms with Gasteiger partial charge in [-0.15, -0.1) is 13.2 Å². The molecule has 104 heavy (non-hydrogen) atoms. The molecular formula is C67H108N22O15. The molecule has 28 N–H and O–H groups in total. The smallest absolute Gasteiger partial charge is 0.245 e. The van der Waals surface area contributed by atoms with Crippen molar-refractivity contribution in [3.63, 3.8) is 0 Å². The lowest BCUT2D eigenvalue weighted by Crippen LogP contribution is -2.60. The number of carbonyl (C=O) groups is 13. The molecule has 0 aliphatic carbocycles. The van der Waals surface area contributed by atoms with E-state index in [-0.39, 0.29) is 82.9 Å². The number of hydrogen-bond donors (Lipinski definition) is 21. The quantitative estimate of drug-likeness (QED) is 0.0127. The van der Waals surface area contributed by atoms with Crippen LogP contribution in [0.2, 0.25) is 0 Å². The van der Waals surface area contributed by atoms with Crippen molar-refractivity contribution in [3.8, 4) is 0 Å². The third-order valence-corrected chi connectivity index (χ3v) is 15.7. The normalized spacial score (nSPS) is 14.0. The first kappa shape index (κ1) is 89.5. The molecule has 0 saturated heterocycles. The average molecular weight is 1460 g/mol. The van der Waals surface area contributed by atoms with E-state index in [1.165, 1.54) is 20.8 Å². The molecule has 0 unspecified atom stereocenters. The van der Waals surface area contributed by atoms with Gasteiger partial charge in [0.25, 0.3) is 0 Å². The lowest BCUT2D eigenvalue weighted by molar-refractivity contribution is -0.136. The number of aliphatic imine (C=N–C) groups is 2. The summed E-state index contributed by atoms with van der Waals surface area (Å²) in [5.74, 6) is -11.9. The number of hydrogen-bond acceptors (Lipinski definition) is 20. The van der Waals surface area contributed by atoms with Crippen LogP contribution in [-0.2, 0) is 75.2 Å². The van der Waals surface area contributed by atoms with E-state index in [0.717, 1.165) is 5.56 Å². The maximum Gasteiger partial charge on any atom is 0.245 e. The Bertz CT molecular complexity index is 3180. The molecule has 0 heterocycles. The van der Waals surface area contributed by atoms with Gasteiger partial charge in [-0.3, -0.25) is 77.2 Å². The third-order valence-electron chi connectivity index (χ3n) is 15.7. The molecule has 0 radical (unpaired) electrons. The monoisotopic (exact) mass is 1460 g/mol. The van der Waals surface area contributed by atoms with Crippen LogP contribution < -0.4 is 104 Å². The zero-order valence-electron chi connectivity index (χ0n) is 59.3. The first-order valence-corrected chi connectivity index (χ1v) is 34.1. The van der Waals surface area contributed by atoms with Gasteiger partial charge in [-0.2, -0.15) is 0 Å². The van der Waals surface area contributed by atoms with E-state index in [0.29, 0.717) is 50.9 Å². The minimum atomic E-state index is -1.73. The number of rotatable bonds is 52. The highest BCUT2D eigenvalue weighted by Gasteiger charge is 2.35. The lowest BCUT2D eigenvalue weighted by atomic mass is 10.0. The van der Waals surface area contributed by atoms with Gasteiger partial charge in [0.15, 0.2) is 11.9 Å². The Hall–Kier alpha value is -10.6. The summed E-state index contributed by atoms with van der Waals surface area (Å²) in [6.07, 6.45) is 3.59. The number of amides is 13. The van der Waals surface area contributed by atoms with Crippen LogP contribution in [0, 0.1) is 0 Å². The number of aliphatic hydroxyl groups is 2. The Morgan fingerprint density at radius 3 is 1.30 bits per heavy atom. The van der Waals surface area contributed by atoms with E-state index in [4.69, 9.17) is 40.1 Å². The van der Waals surface area contributed by atoms with Crippen LogP contribution in [0.4, 0.5) is 0 Å². The summed E-state index contributed by atoms with van der Waals surface area (Å²) >= 11 is 0. The molecule has 37 heteroatoms. The zero-order chi connectivity index (χ0) is 77.7. The van der Waals surface area contributed by atoms with E-state index in [9.17, 15) is 72.5 Å². The number of primary amides is 1. The molecule has 11 atom stereocenters. The van der Waals surface area contributed by atoms with Gasteiger partial charge in [-0.25, -0.2) is 0 Å². The summed E-state index contributed by atoms with van der Waals surface area (Å²) in [5, 5.41) is 50.6. The number of nitrogens with two attached hydrogens (primary N) is 7. The molecular weight excluding hydrogens is 1350 g/mol. The van der Waals surface area contributed by atoms with Gasteiger partial charge in [-0.1, -0.05) is 72.8 Å². The fraction of sp³-hybridized carbons (Fsp3) is 0.537. The molecule has 0 aromatic heterocycles. The molecule has 0 aliphatic rings. The Morgan fingerprint density at radius 2 is 0.837 bits per heavy atom. The van der Waals surface area contributed by atoms with Crippen LogP contribution >= 0.6 is 0 Å². The highest BCUT2D eigenvalue weighted by molar-refractivity contribution is 5.99. The molecule has 0 fully saturated rings. The van der Waals surface area contributed by atoms with Gasteiger partial charge in [0.1, 0.15) is 54.4 Å². The van der Waals surface area contributed by atoms with Crippen molar-refractivity contribution in [2.75, 3.05) is 65.5 Å². The number of carbonyl (C=O) groups excluding carboxylic acids is 13. The van der Waals surface area contributed by atoms with E-state index in [1.807, 2.05) is 35.2 Å². The molecule has 0 spiro atoms. The standard InChI is InChI=1S/C67H108N22O15/c1-6-32-89(33-7-2)51(35-44-22-12-9-13-23-44)64(103)78-36-52(92)77-37-54(94)82-49(34-43-20-10-8-11-21-43)62(101)88-55(42(5)91)65(104)79-38-53(93)80-40(3)57(96)84-48(27-19-31-76-67(73)74)60(99)86-46(25-15-17-29-69)61(100)87-50(39-90)63(102)81-41(4)58(97)85-47(26-18-30-75-66(71)72)59(98)83-45(56(70)95)24-14-16-28-68/h6-13,20-23,40-42,45-51,55,90-91H,1-2,14-19,24-39,68-69H2,3-5H3,(H2,70,95)(H,77,92)(H,78,103)(H,79,104)(H,80,93)(H,81,102)(H,82,94)(H,83,98)(H,84,96)(H,85,97)(H,86,99)(H,87,100)(H,88,101)(H4,71,72,75)(H4,73,74,76)/t40-,41-,42+,45-,46-,47-,48-,49-,50-,51-,55-/m0/s1. The molecule has 576 valence electrons. The zero-order valence-corrected chi connectivity index (χ0v) is 59.3. The SMILES string of the molecule is C=CCN(CC=C)[C@@H](Cc1ccccc1)C(=O)NCC(=O)NCC(=O)N[C@@H](Cc1ccccc1)C(=O)N[C@H](C(=O)NCC(=O)N[C@@H](C)C(=O)N[C@@H](CCCN=C(N)N)C(=O)N[C@@H](CCCCN)C(=O)N[C@@H](CO)C(=O)N[C@@H](C)C(=O)N[C@@H](CCCN=C(N)N)C(=O)N[C@@H](CCCCN)C(N)=O)[C@@H](C)O. The molecule has 0 aliphatic heterocycles. The molecule has 0 saturated carbocycles. The number of nitrogens with one attached hydrogen (secondary N) is 12. The minimum Gasteiger partial charge on any atom is -0.394 e. The first-order chi connectivity index (χ1) is 49.5. The largest absolute Gasteiger partial charge is 0.394 e. The summed E-state index contributed by atoms with van der Waals surface area (Å²) in [7, 11) is 0. The van der Waals surface area contributed by atoms with Gasteiger partial charge < -0.3 is 114 Å². The minimum absolute atomic E-state index is 0.0268. The number of guanidine groups is 2. The highest BCUT2D eigenvalue weighted by Crippen LogP contribution is 2.13. The Labute approximate surface area is 604 Å². The molecule has 2 rings (SSSR count). The Morgan fingerprint density at radius 1 is 0.442 bits per heavy atom. The van der Waals surface area contributed by atoms with Gasteiger partial charge in [0, 0.05) is 32.6 Å². The molecule has 2 aromatic carbocycles. The number of unbranched alkanes of at least 4 members (excludes halogenated alkanes) is 2. The van der Waals surface area contributed by atoms with Crippen molar-refractivity contribution in [2.24, 2.45) is 50.1 Å². The molecule has 2 aromatic rings. The van der Waals surface area contributed by atoms with Gasteiger partial charge in [0.05, 0.1) is 38.4 Å². The van der Waals surface area contributed by atoms with E-state index < -0.39 is 170 Å². The van der Waals surface area contributed by atoms with Crippen LogP contribution in [-0.4, -0.2) is 236 Å². The average Bonchev–Trinajstić information content (AvgIpc) is 0.879. The Balaban J connectivity index is 2.20. The second kappa shape index (κ2) is 49.9. The summed E-state index contributed by atoms with van der Waals surface area (Å²) in [6, 6.07) is 3.96. The number of nitrogens with zero attached hydrogens (tertiary/aromatic N) is 3. The van der Waals surface area contributed by atoms with Crippen molar-refractivity contribution >= 4 is 88.7 Å². The predicted molar refractivity (Wildman–Crippen MR) is 387 cm³/mol. The third kappa shape index (κ3) is 35.8. The van der Waals surface area contributed by atoms with Crippen LogP contribution in [0.1, 0.15) is 96.1 Å². The molecule has 0 bridgehead atoms. The predicted octanol–water partition coefficient (Wildman–Crippen LogP) is -7.51. The fourth-order valence-electron chi connectivity index (χ4n) is 10.1. The topological polar surface area (TPSA) is 617 Å². The van der Waals surface area contributed by atoms with Crippen molar-refractivity contribution < 1.29 is 72.5 Å². The molecule has 37 nitrogen and oxygen atoms in total. The van der Waals surface area contributed by atoms with Gasteiger partial charge in [0.2, 0.25) is 76.8 Å². The second-order valence-electron chi connectivity index (χ2n) is 24.4. The van der Waals surface area contributed by atoms with E-state index in [1.54, 1.807) is 42.5 Å². The van der Waals surface area contributed by atoms with Gasteiger partial charge >= 0.3 is 0 Å². The second-order valence-corrected chi connectivity index (χ2v) is 24.4. The van der Waals surface area contributed by atoms with Crippen LogP contribution in [0.5, 0.6) is 0 Å².